The molecular formula is C26H22ClN3O3. The molecule has 166 valence electrons. The summed E-state index contributed by atoms with van der Waals surface area (Å²) >= 11 is 6.08. The zero-order chi connectivity index (χ0) is 23.7. The van der Waals surface area contributed by atoms with Gasteiger partial charge in [0.1, 0.15) is 5.70 Å². The standard InChI is InChI=1S/C26H22ClN3O3/c1-15-4-6-18(7-5-15)23-24(29-22-13-8-19(27)14-16(22)2)26(33)30(25(23)32)21-11-9-20(10-12-21)28-17(3)31/h4-14,29H,1-3H3,(H,28,31). The van der Waals surface area contributed by atoms with Gasteiger partial charge in [0.05, 0.1) is 11.3 Å². The first-order valence-corrected chi connectivity index (χ1v) is 10.7. The lowest BCUT2D eigenvalue weighted by molar-refractivity contribution is -0.120. The van der Waals surface area contributed by atoms with Gasteiger partial charge in [-0.1, -0.05) is 41.4 Å². The fourth-order valence-corrected chi connectivity index (χ4v) is 3.89. The molecule has 0 radical (unpaired) electrons. The number of aryl methyl sites for hydroxylation is 2. The van der Waals surface area contributed by atoms with Crippen LogP contribution in [0.4, 0.5) is 17.1 Å². The molecule has 0 fully saturated rings. The Morgan fingerprint density at radius 1 is 0.879 bits per heavy atom. The van der Waals surface area contributed by atoms with Crippen molar-refractivity contribution < 1.29 is 14.4 Å². The molecule has 1 aliphatic rings. The molecule has 3 aromatic rings. The lowest BCUT2D eigenvalue weighted by Gasteiger charge is -2.16. The molecule has 0 aliphatic carbocycles. The normalized spacial score (nSPS) is 13.5. The molecule has 0 bridgehead atoms. The predicted molar refractivity (Wildman–Crippen MR) is 131 cm³/mol. The molecule has 0 saturated heterocycles. The summed E-state index contributed by atoms with van der Waals surface area (Å²) in [4.78, 5) is 39.5. The van der Waals surface area contributed by atoms with Gasteiger partial charge in [0.15, 0.2) is 0 Å². The minimum atomic E-state index is -0.461. The number of amides is 3. The fraction of sp³-hybridized carbons (Fsp3) is 0.115. The first kappa shape index (κ1) is 22.3. The first-order chi connectivity index (χ1) is 15.7. The van der Waals surface area contributed by atoms with Crippen LogP contribution in [0.5, 0.6) is 0 Å². The summed E-state index contributed by atoms with van der Waals surface area (Å²) in [6.45, 7) is 5.24. The van der Waals surface area contributed by atoms with E-state index >= 15 is 0 Å². The molecule has 33 heavy (non-hydrogen) atoms. The van der Waals surface area contributed by atoms with E-state index < -0.39 is 11.8 Å². The van der Waals surface area contributed by atoms with Crippen molar-refractivity contribution in [3.63, 3.8) is 0 Å². The molecular weight excluding hydrogens is 438 g/mol. The van der Waals surface area contributed by atoms with Gasteiger partial charge in [-0.3, -0.25) is 14.4 Å². The van der Waals surface area contributed by atoms with E-state index in [-0.39, 0.29) is 11.6 Å². The number of carbonyl (C=O) groups is 3. The number of imide groups is 1. The van der Waals surface area contributed by atoms with Crippen molar-refractivity contribution in [1.82, 2.24) is 0 Å². The van der Waals surface area contributed by atoms with E-state index in [0.29, 0.717) is 33.2 Å². The molecule has 1 aliphatic heterocycles. The number of hydrogen-bond acceptors (Lipinski definition) is 4. The highest BCUT2D eigenvalue weighted by atomic mass is 35.5. The minimum absolute atomic E-state index is 0.195. The van der Waals surface area contributed by atoms with Crippen LogP contribution in [0, 0.1) is 13.8 Å². The minimum Gasteiger partial charge on any atom is -0.350 e. The molecule has 3 aromatic carbocycles. The van der Waals surface area contributed by atoms with Crippen LogP contribution in [0.15, 0.2) is 72.4 Å². The molecule has 1 heterocycles. The lowest BCUT2D eigenvalue weighted by atomic mass is 10.0. The van der Waals surface area contributed by atoms with Crippen molar-refractivity contribution in [3.05, 3.63) is 94.1 Å². The summed E-state index contributed by atoms with van der Waals surface area (Å²) in [5.74, 6) is -1.09. The van der Waals surface area contributed by atoms with Gasteiger partial charge in [-0.25, -0.2) is 4.90 Å². The lowest BCUT2D eigenvalue weighted by Crippen LogP contribution is -2.32. The molecule has 0 atom stereocenters. The molecule has 2 N–H and O–H groups in total. The van der Waals surface area contributed by atoms with Crippen molar-refractivity contribution in [2.75, 3.05) is 15.5 Å². The summed E-state index contributed by atoms with van der Waals surface area (Å²) in [5.41, 5.74) is 4.69. The van der Waals surface area contributed by atoms with E-state index in [1.165, 1.54) is 6.92 Å². The topological polar surface area (TPSA) is 78.5 Å². The van der Waals surface area contributed by atoms with Crippen molar-refractivity contribution in [2.45, 2.75) is 20.8 Å². The molecule has 3 amide bonds. The van der Waals surface area contributed by atoms with Gasteiger partial charge in [-0.15, -0.1) is 0 Å². The summed E-state index contributed by atoms with van der Waals surface area (Å²) < 4.78 is 0. The Balaban J connectivity index is 1.77. The average molecular weight is 460 g/mol. The van der Waals surface area contributed by atoms with Gasteiger partial charge in [-0.2, -0.15) is 0 Å². The third kappa shape index (κ3) is 4.52. The molecule has 0 saturated carbocycles. The Labute approximate surface area is 196 Å². The number of hydrogen-bond donors (Lipinski definition) is 2. The van der Waals surface area contributed by atoms with Crippen molar-refractivity contribution in [3.8, 4) is 0 Å². The highest BCUT2D eigenvalue weighted by molar-refractivity contribution is 6.46. The number of benzene rings is 3. The van der Waals surface area contributed by atoms with Crippen molar-refractivity contribution in [2.24, 2.45) is 0 Å². The summed E-state index contributed by atoms with van der Waals surface area (Å²) in [6.07, 6.45) is 0. The van der Waals surface area contributed by atoms with E-state index in [9.17, 15) is 14.4 Å². The van der Waals surface area contributed by atoms with E-state index in [2.05, 4.69) is 10.6 Å². The van der Waals surface area contributed by atoms with E-state index in [1.807, 2.05) is 38.1 Å². The third-order valence-corrected chi connectivity index (χ3v) is 5.55. The van der Waals surface area contributed by atoms with Crippen LogP contribution in [-0.4, -0.2) is 17.7 Å². The van der Waals surface area contributed by atoms with E-state index in [4.69, 9.17) is 11.6 Å². The van der Waals surface area contributed by atoms with Crippen molar-refractivity contribution >= 4 is 52.0 Å². The molecule has 6 nitrogen and oxygen atoms in total. The molecule has 0 unspecified atom stereocenters. The zero-order valence-corrected chi connectivity index (χ0v) is 19.2. The number of rotatable bonds is 5. The van der Waals surface area contributed by atoms with Gasteiger partial charge < -0.3 is 10.6 Å². The van der Waals surface area contributed by atoms with E-state index in [1.54, 1.807) is 42.5 Å². The van der Waals surface area contributed by atoms with Crippen LogP contribution in [0.25, 0.3) is 5.57 Å². The largest absolute Gasteiger partial charge is 0.350 e. The highest BCUT2D eigenvalue weighted by Gasteiger charge is 2.40. The molecule has 0 aromatic heterocycles. The average Bonchev–Trinajstić information content (AvgIpc) is 3.00. The summed E-state index contributed by atoms with van der Waals surface area (Å²) in [6, 6.07) is 19.3. The monoisotopic (exact) mass is 459 g/mol. The van der Waals surface area contributed by atoms with Crippen LogP contribution in [0.1, 0.15) is 23.6 Å². The second kappa shape index (κ2) is 8.92. The second-order valence-electron chi connectivity index (χ2n) is 7.87. The van der Waals surface area contributed by atoms with Crippen molar-refractivity contribution in [1.29, 1.82) is 0 Å². The number of anilines is 3. The van der Waals surface area contributed by atoms with Gasteiger partial charge in [-0.05, 0) is 67.4 Å². The van der Waals surface area contributed by atoms with E-state index in [0.717, 1.165) is 16.0 Å². The fourth-order valence-electron chi connectivity index (χ4n) is 3.67. The first-order valence-electron chi connectivity index (χ1n) is 10.4. The number of nitrogens with zero attached hydrogens (tertiary/aromatic N) is 1. The molecule has 7 heteroatoms. The molecule has 0 spiro atoms. The van der Waals surface area contributed by atoms with Gasteiger partial charge in [0.25, 0.3) is 11.8 Å². The van der Waals surface area contributed by atoms with Crippen LogP contribution in [-0.2, 0) is 14.4 Å². The van der Waals surface area contributed by atoms with Gasteiger partial charge >= 0.3 is 0 Å². The summed E-state index contributed by atoms with van der Waals surface area (Å²) in [7, 11) is 0. The smallest absolute Gasteiger partial charge is 0.282 e. The van der Waals surface area contributed by atoms with Crippen LogP contribution < -0.4 is 15.5 Å². The third-order valence-electron chi connectivity index (χ3n) is 5.32. The number of nitrogens with one attached hydrogen (secondary N) is 2. The Bertz CT molecular complexity index is 1300. The van der Waals surface area contributed by atoms with Crippen LogP contribution >= 0.6 is 11.6 Å². The molecule has 4 rings (SSSR count). The number of carbonyl (C=O) groups excluding carboxylic acids is 3. The van der Waals surface area contributed by atoms with Gasteiger partial charge in [0, 0.05) is 23.3 Å². The highest BCUT2D eigenvalue weighted by Crippen LogP contribution is 2.35. The maximum absolute atomic E-state index is 13.5. The quantitative estimate of drug-likeness (QED) is 0.507. The van der Waals surface area contributed by atoms with Crippen LogP contribution in [0.2, 0.25) is 5.02 Å². The SMILES string of the molecule is CC(=O)Nc1ccc(N2C(=O)C(Nc3ccc(Cl)cc3C)=C(c3ccc(C)cc3)C2=O)cc1. The predicted octanol–water partition coefficient (Wildman–Crippen LogP) is 5.31. The van der Waals surface area contributed by atoms with Gasteiger partial charge in [0.2, 0.25) is 5.91 Å². The Morgan fingerprint density at radius 2 is 1.55 bits per heavy atom. The zero-order valence-electron chi connectivity index (χ0n) is 18.4. The number of halogens is 1. The Kier molecular flexibility index (Phi) is 6.03. The maximum atomic E-state index is 13.5. The second-order valence-corrected chi connectivity index (χ2v) is 8.31. The van der Waals surface area contributed by atoms with Crippen LogP contribution in [0.3, 0.4) is 0 Å². The summed E-state index contributed by atoms with van der Waals surface area (Å²) in [5, 5.41) is 6.43. The maximum Gasteiger partial charge on any atom is 0.282 e. The Hall–Kier alpha value is -3.90. The Morgan fingerprint density at radius 3 is 2.15 bits per heavy atom.